The lowest BCUT2D eigenvalue weighted by atomic mass is 10.1. The molecular weight excluding hydrogens is 346 g/mol. The molecule has 156 valence electrons. The van der Waals surface area contributed by atoms with E-state index in [9.17, 15) is 0 Å². The number of nitriles is 1. The molecule has 1 aromatic rings. The maximum Gasteiger partial charge on any atom is 0.119 e. The first-order valence-electron chi connectivity index (χ1n) is 11.3. The Labute approximate surface area is 172 Å². The van der Waals surface area contributed by atoms with Gasteiger partial charge in [-0.05, 0) is 24.1 Å². The van der Waals surface area contributed by atoms with E-state index in [4.69, 9.17) is 10.00 Å². The second kappa shape index (κ2) is 14.4. The summed E-state index contributed by atoms with van der Waals surface area (Å²) in [5.41, 5.74) is 1.33. The summed E-state index contributed by atoms with van der Waals surface area (Å²) in [4.78, 5) is 4.89. The first kappa shape index (κ1) is 22.7. The zero-order valence-corrected chi connectivity index (χ0v) is 17.9. The Balaban J connectivity index is 1.59. The first-order valence-corrected chi connectivity index (χ1v) is 11.3. The molecule has 1 aromatic carbocycles. The van der Waals surface area contributed by atoms with Crippen LogP contribution in [0.3, 0.4) is 0 Å². The number of rotatable bonds is 14. The van der Waals surface area contributed by atoms with Gasteiger partial charge in [0.2, 0.25) is 0 Å². The molecule has 4 nitrogen and oxygen atoms in total. The molecule has 1 aliphatic rings. The highest BCUT2D eigenvalue weighted by molar-refractivity contribution is 5.28. The van der Waals surface area contributed by atoms with E-state index in [1.807, 2.05) is 0 Å². The van der Waals surface area contributed by atoms with Gasteiger partial charge in [-0.15, -0.1) is 0 Å². The Morgan fingerprint density at radius 3 is 2.32 bits per heavy atom. The molecule has 0 aliphatic carbocycles. The first-order chi connectivity index (χ1) is 13.8. The molecule has 1 heterocycles. The van der Waals surface area contributed by atoms with Crippen LogP contribution in [-0.2, 0) is 6.54 Å². The fraction of sp³-hybridized carbons (Fsp3) is 0.708. The molecule has 28 heavy (non-hydrogen) atoms. The van der Waals surface area contributed by atoms with Crippen molar-refractivity contribution >= 4 is 0 Å². The molecule has 1 saturated heterocycles. The molecule has 0 saturated carbocycles. The van der Waals surface area contributed by atoms with Crippen molar-refractivity contribution in [2.45, 2.75) is 71.3 Å². The van der Waals surface area contributed by atoms with Crippen molar-refractivity contribution in [2.24, 2.45) is 0 Å². The topological polar surface area (TPSA) is 39.5 Å². The van der Waals surface area contributed by atoms with Gasteiger partial charge in [-0.3, -0.25) is 9.80 Å². The summed E-state index contributed by atoms with van der Waals surface area (Å²) >= 11 is 0. The molecule has 0 bridgehead atoms. The second-order valence-electron chi connectivity index (χ2n) is 8.00. The van der Waals surface area contributed by atoms with Gasteiger partial charge in [0.05, 0.1) is 12.7 Å². The highest BCUT2D eigenvalue weighted by Crippen LogP contribution is 2.17. The van der Waals surface area contributed by atoms with Crippen LogP contribution in [-0.4, -0.2) is 49.1 Å². The largest absolute Gasteiger partial charge is 0.494 e. The van der Waals surface area contributed by atoms with E-state index in [0.717, 1.165) is 58.0 Å². The summed E-state index contributed by atoms with van der Waals surface area (Å²) in [6.45, 7) is 9.28. The van der Waals surface area contributed by atoms with Gasteiger partial charge in [-0.2, -0.15) is 5.26 Å². The van der Waals surface area contributed by atoms with Crippen LogP contribution < -0.4 is 4.74 Å². The molecule has 1 aliphatic heterocycles. The SMILES string of the molecule is CCCCCCCCCCOc1cccc(CN2CCN(CCC#N)CC2)c1. The minimum absolute atomic E-state index is 0.637. The lowest BCUT2D eigenvalue weighted by Gasteiger charge is -2.34. The molecule has 0 unspecified atom stereocenters. The van der Waals surface area contributed by atoms with Crippen LogP contribution in [0.2, 0.25) is 0 Å². The number of hydrogen-bond acceptors (Lipinski definition) is 4. The summed E-state index contributed by atoms with van der Waals surface area (Å²) in [7, 11) is 0. The molecule has 0 amide bonds. The van der Waals surface area contributed by atoms with Gasteiger partial charge < -0.3 is 4.74 Å². The van der Waals surface area contributed by atoms with Gasteiger partial charge in [0, 0.05) is 45.7 Å². The summed E-state index contributed by atoms with van der Waals surface area (Å²) in [5, 5.41) is 8.71. The summed E-state index contributed by atoms with van der Waals surface area (Å²) in [6, 6.07) is 10.8. The third-order valence-electron chi connectivity index (χ3n) is 5.58. The van der Waals surface area contributed by atoms with Gasteiger partial charge >= 0.3 is 0 Å². The van der Waals surface area contributed by atoms with Crippen molar-refractivity contribution in [1.29, 1.82) is 5.26 Å². The average Bonchev–Trinajstić information content (AvgIpc) is 2.72. The van der Waals surface area contributed by atoms with Gasteiger partial charge in [0.15, 0.2) is 0 Å². The minimum atomic E-state index is 0.637. The summed E-state index contributed by atoms with van der Waals surface area (Å²) < 4.78 is 5.98. The molecule has 4 heteroatoms. The Morgan fingerprint density at radius 1 is 0.929 bits per heavy atom. The Kier molecular flexibility index (Phi) is 11.7. The number of piperazine rings is 1. The number of ether oxygens (including phenoxy) is 1. The van der Waals surface area contributed by atoms with Gasteiger partial charge in [0.25, 0.3) is 0 Å². The smallest absolute Gasteiger partial charge is 0.119 e. The van der Waals surface area contributed by atoms with Gasteiger partial charge in [0.1, 0.15) is 5.75 Å². The third-order valence-corrected chi connectivity index (χ3v) is 5.58. The van der Waals surface area contributed by atoms with Crippen molar-refractivity contribution in [3.8, 4) is 11.8 Å². The van der Waals surface area contributed by atoms with Gasteiger partial charge in [-0.25, -0.2) is 0 Å². The Bertz CT molecular complexity index is 561. The molecule has 0 atom stereocenters. The van der Waals surface area contributed by atoms with Crippen LogP contribution >= 0.6 is 0 Å². The molecule has 2 rings (SSSR count). The molecule has 1 fully saturated rings. The Hall–Kier alpha value is -1.57. The van der Waals surface area contributed by atoms with Crippen LogP contribution in [0.5, 0.6) is 5.75 Å². The summed E-state index contributed by atoms with van der Waals surface area (Å²) in [6.07, 6.45) is 11.3. The predicted octanol–water partition coefficient (Wildman–Crippen LogP) is 5.24. The van der Waals surface area contributed by atoms with Gasteiger partial charge in [-0.1, -0.05) is 64.0 Å². The fourth-order valence-electron chi connectivity index (χ4n) is 3.80. The van der Waals surface area contributed by atoms with Crippen LogP contribution in [0.1, 0.15) is 70.3 Å². The van der Waals surface area contributed by atoms with Crippen molar-refractivity contribution in [2.75, 3.05) is 39.3 Å². The minimum Gasteiger partial charge on any atom is -0.494 e. The van der Waals surface area contributed by atoms with E-state index in [2.05, 4.69) is 47.1 Å². The van der Waals surface area contributed by atoms with Crippen molar-refractivity contribution in [1.82, 2.24) is 9.80 Å². The van der Waals surface area contributed by atoms with E-state index < -0.39 is 0 Å². The van der Waals surface area contributed by atoms with E-state index in [0.29, 0.717) is 6.42 Å². The van der Waals surface area contributed by atoms with Crippen molar-refractivity contribution in [3.05, 3.63) is 29.8 Å². The maximum absolute atomic E-state index is 8.71. The van der Waals surface area contributed by atoms with Crippen molar-refractivity contribution < 1.29 is 4.74 Å². The van der Waals surface area contributed by atoms with E-state index in [-0.39, 0.29) is 0 Å². The molecule has 0 N–H and O–H groups in total. The third kappa shape index (κ3) is 9.57. The quantitative estimate of drug-likeness (QED) is 0.411. The molecule has 0 spiro atoms. The average molecular weight is 386 g/mol. The number of unbranched alkanes of at least 4 members (excludes halogenated alkanes) is 7. The molecule has 0 aromatic heterocycles. The zero-order valence-electron chi connectivity index (χ0n) is 17.9. The highest BCUT2D eigenvalue weighted by atomic mass is 16.5. The van der Waals surface area contributed by atoms with Crippen LogP contribution in [0, 0.1) is 11.3 Å². The van der Waals surface area contributed by atoms with Crippen molar-refractivity contribution in [3.63, 3.8) is 0 Å². The molecule has 0 radical (unpaired) electrons. The normalized spacial score (nSPS) is 15.4. The lowest BCUT2D eigenvalue weighted by molar-refractivity contribution is 0.129. The lowest BCUT2D eigenvalue weighted by Crippen LogP contribution is -2.46. The number of nitrogens with zero attached hydrogens (tertiary/aromatic N) is 3. The number of hydrogen-bond donors (Lipinski definition) is 0. The predicted molar refractivity (Wildman–Crippen MR) is 116 cm³/mol. The fourth-order valence-corrected chi connectivity index (χ4v) is 3.80. The van der Waals surface area contributed by atoms with E-state index in [1.165, 1.54) is 50.5 Å². The maximum atomic E-state index is 8.71. The second-order valence-corrected chi connectivity index (χ2v) is 8.00. The van der Waals surface area contributed by atoms with Crippen LogP contribution in [0.15, 0.2) is 24.3 Å². The van der Waals surface area contributed by atoms with Crippen LogP contribution in [0.25, 0.3) is 0 Å². The van der Waals surface area contributed by atoms with Crippen LogP contribution in [0.4, 0.5) is 0 Å². The highest BCUT2D eigenvalue weighted by Gasteiger charge is 2.16. The summed E-state index contributed by atoms with van der Waals surface area (Å²) in [5.74, 6) is 1.01. The Morgan fingerprint density at radius 2 is 1.61 bits per heavy atom. The zero-order chi connectivity index (χ0) is 19.9. The molecular formula is C24H39N3O. The standard InChI is InChI=1S/C24H39N3O/c1-2-3-4-5-6-7-8-9-20-28-24-13-10-12-23(21-24)22-27-18-16-26(17-19-27)15-11-14-25/h10,12-13,21H,2-9,11,15-20,22H2,1H3. The monoisotopic (exact) mass is 385 g/mol. The number of benzene rings is 1. The van der Waals surface area contributed by atoms with E-state index in [1.54, 1.807) is 0 Å². The van der Waals surface area contributed by atoms with E-state index >= 15 is 0 Å².